The molecule has 2 aliphatic heterocycles. The Kier molecular flexibility index (Phi) is 3.49. The van der Waals surface area contributed by atoms with Crippen LogP contribution in [0, 0.1) is 0 Å². The lowest BCUT2D eigenvalue weighted by molar-refractivity contribution is -0.286. The molecule has 100 valence electrons. The summed E-state index contributed by atoms with van der Waals surface area (Å²) in [5.74, 6) is 0.241. The fourth-order valence-corrected chi connectivity index (χ4v) is 2.11. The summed E-state index contributed by atoms with van der Waals surface area (Å²) in [5.41, 5.74) is 0.668. The highest BCUT2D eigenvalue weighted by atomic mass is 35.5. The molecule has 0 aliphatic carbocycles. The highest BCUT2D eigenvalue weighted by Crippen LogP contribution is 2.46. The second-order valence-electron chi connectivity index (χ2n) is 4.01. The van der Waals surface area contributed by atoms with Crippen LogP contribution in [-0.4, -0.2) is 32.5 Å². The van der Waals surface area contributed by atoms with Gasteiger partial charge in [-0.3, -0.25) is 0 Å². The van der Waals surface area contributed by atoms with Crippen molar-refractivity contribution in [3.05, 3.63) is 18.2 Å². The molecule has 0 atom stereocenters. The molecule has 2 aliphatic rings. The summed E-state index contributed by atoms with van der Waals surface area (Å²) >= 11 is 0. The molecular formula is C11H13ClF2N2O2. The normalized spacial score (nSPS) is 20.4. The quantitative estimate of drug-likeness (QED) is 0.850. The van der Waals surface area contributed by atoms with Crippen molar-refractivity contribution in [3.8, 4) is 11.5 Å². The molecule has 7 heteroatoms. The number of nitrogens with zero attached hydrogens (tertiary/aromatic N) is 1. The minimum Gasteiger partial charge on any atom is -0.395 e. The first kappa shape index (κ1) is 13.2. The highest BCUT2D eigenvalue weighted by Gasteiger charge is 2.45. The number of fused-ring (bicyclic) bond motifs is 1. The molecule has 0 spiro atoms. The summed E-state index contributed by atoms with van der Waals surface area (Å²) in [6.07, 6.45) is -3.55. The van der Waals surface area contributed by atoms with Crippen molar-refractivity contribution in [2.45, 2.75) is 6.29 Å². The van der Waals surface area contributed by atoms with E-state index in [-0.39, 0.29) is 23.9 Å². The van der Waals surface area contributed by atoms with E-state index >= 15 is 0 Å². The van der Waals surface area contributed by atoms with Gasteiger partial charge in [-0.1, -0.05) is 6.07 Å². The van der Waals surface area contributed by atoms with Crippen molar-refractivity contribution in [1.29, 1.82) is 0 Å². The van der Waals surface area contributed by atoms with Crippen LogP contribution in [0.5, 0.6) is 11.5 Å². The predicted molar refractivity (Wildman–Crippen MR) is 65.0 cm³/mol. The Bertz CT molecular complexity index is 439. The number of anilines is 1. The topological polar surface area (TPSA) is 33.7 Å². The number of alkyl halides is 2. The van der Waals surface area contributed by atoms with E-state index in [4.69, 9.17) is 0 Å². The summed E-state index contributed by atoms with van der Waals surface area (Å²) < 4.78 is 35.0. The first-order valence-corrected chi connectivity index (χ1v) is 5.50. The van der Waals surface area contributed by atoms with Crippen LogP contribution in [0.4, 0.5) is 14.5 Å². The molecule has 1 aromatic carbocycles. The van der Waals surface area contributed by atoms with Crippen molar-refractivity contribution in [2.24, 2.45) is 0 Å². The van der Waals surface area contributed by atoms with Gasteiger partial charge in [0.15, 0.2) is 11.5 Å². The molecule has 0 amide bonds. The Morgan fingerprint density at radius 1 is 1.17 bits per heavy atom. The standard InChI is InChI=1S/C11H12F2N2O2.ClH/c12-11(13)16-9-3-1-2-8(10(9)17-11)15-6-4-14-5-7-15;/h1-3,14H,4-7H2;1H. The number of rotatable bonds is 1. The zero-order chi connectivity index (χ0) is 11.9. The van der Waals surface area contributed by atoms with Gasteiger partial charge < -0.3 is 19.7 Å². The van der Waals surface area contributed by atoms with Crippen LogP contribution in [0.1, 0.15) is 0 Å². The molecule has 1 N–H and O–H groups in total. The summed E-state index contributed by atoms with van der Waals surface area (Å²) in [5, 5.41) is 3.21. The second kappa shape index (κ2) is 4.78. The van der Waals surface area contributed by atoms with Crippen LogP contribution in [0.3, 0.4) is 0 Å². The maximum Gasteiger partial charge on any atom is 0.586 e. The number of para-hydroxylation sites is 1. The van der Waals surface area contributed by atoms with E-state index in [1.807, 2.05) is 4.90 Å². The third kappa shape index (κ3) is 2.30. The van der Waals surface area contributed by atoms with Gasteiger partial charge in [0.25, 0.3) is 0 Å². The van der Waals surface area contributed by atoms with E-state index in [9.17, 15) is 8.78 Å². The van der Waals surface area contributed by atoms with Crippen molar-refractivity contribution >= 4 is 18.1 Å². The smallest absolute Gasteiger partial charge is 0.395 e. The number of ether oxygens (including phenoxy) is 2. The van der Waals surface area contributed by atoms with E-state index in [0.717, 1.165) is 26.2 Å². The van der Waals surface area contributed by atoms with Crippen molar-refractivity contribution in [2.75, 3.05) is 31.1 Å². The zero-order valence-electron chi connectivity index (χ0n) is 9.49. The first-order chi connectivity index (χ1) is 8.16. The number of halogens is 3. The lowest BCUT2D eigenvalue weighted by Crippen LogP contribution is -2.43. The number of nitrogens with one attached hydrogen (secondary N) is 1. The largest absolute Gasteiger partial charge is 0.586 e. The van der Waals surface area contributed by atoms with Gasteiger partial charge in [-0.2, -0.15) is 0 Å². The fourth-order valence-electron chi connectivity index (χ4n) is 2.11. The van der Waals surface area contributed by atoms with Crippen LogP contribution >= 0.6 is 12.4 Å². The van der Waals surface area contributed by atoms with Crippen molar-refractivity contribution in [3.63, 3.8) is 0 Å². The Labute approximate surface area is 109 Å². The van der Waals surface area contributed by atoms with Gasteiger partial charge in [0.05, 0.1) is 5.69 Å². The Morgan fingerprint density at radius 3 is 2.61 bits per heavy atom. The molecule has 0 bridgehead atoms. The summed E-state index contributed by atoms with van der Waals surface area (Å²) in [6, 6.07) is 4.96. The lowest BCUT2D eigenvalue weighted by Gasteiger charge is -2.29. The van der Waals surface area contributed by atoms with Crippen LogP contribution in [0.15, 0.2) is 18.2 Å². The van der Waals surface area contributed by atoms with Crippen LogP contribution < -0.4 is 19.7 Å². The number of piperazine rings is 1. The molecule has 1 saturated heterocycles. The molecule has 2 heterocycles. The van der Waals surface area contributed by atoms with Crippen molar-refractivity contribution in [1.82, 2.24) is 5.32 Å². The fraction of sp³-hybridized carbons (Fsp3) is 0.455. The molecule has 0 saturated carbocycles. The van der Waals surface area contributed by atoms with Gasteiger partial charge >= 0.3 is 6.29 Å². The van der Waals surface area contributed by atoms with Gasteiger partial charge in [0.2, 0.25) is 0 Å². The average Bonchev–Trinajstić information content (AvgIpc) is 2.63. The van der Waals surface area contributed by atoms with Gasteiger partial charge in [-0.05, 0) is 12.1 Å². The predicted octanol–water partition coefficient (Wildman–Crippen LogP) is 1.84. The molecule has 4 nitrogen and oxygen atoms in total. The molecule has 0 aromatic heterocycles. The van der Waals surface area contributed by atoms with Crippen molar-refractivity contribution < 1.29 is 18.3 Å². The highest BCUT2D eigenvalue weighted by molar-refractivity contribution is 5.85. The monoisotopic (exact) mass is 278 g/mol. The van der Waals surface area contributed by atoms with Gasteiger partial charge in [0.1, 0.15) is 0 Å². The Balaban J connectivity index is 0.00000120. The minimum absolute atomic E-state index is 0. The third-order valence-electron chi connectivity index (χ3n) is 2.87. The van der Waals surface area contributed by atoms with E-state index in [2.05, 4.69) is 14.8 Å². The SMILES string of the molecule is Cl.FC1(F)Oc2cccc(N3CCNCC3)c2O1. The molecule has 0 unspecified atom stereocenters. The first-order valence-electron chi connectivity index (χ1n) is 5.50. The third-order valence-corrected chi connectivity index (χ3v) is 2.87. The Hall–Kier alpha value is -1.27. The summed E-state index contributed by atoms with van der Waals surface area (Å²) in [6.45, 7) is 3.21. The van der Waals surface area contributed by atoms with E-state index < -0.39 is 6.29 Å². The molecule has 1 fully saturated rings. The van der Waals surface area contributed by atoms with E-state index in [1.54, 1.807) is 12.1 Å². The Morgan fingerprint density at radius 2 is 1.89 bits per heavy atom. The molecule has 1 aromatic rings. The van der Waals surface area contributed by atoms with E-state index in [1.165, 1.54) is 6.07 Å². The van der Waals surface area contributed by atoms with Gasteiger partial charge in [0, 0.05) is 26.2 Å². The maximum atomic E-state index is 13.0. The van der Waals surface area contributed by atoms with Gasteiger partial charge in [-0.15, -0.1) is 21.2 Å². The molecular weight excluding hydrogens is 266 g/mol. The lowest BCUT2D eigenvalue weighted by atomic mass is 10.2. The number of hydrogen-bond acceptors (Lipinski definition) is 4. The summed E-state index contributed by atoms with van der Waals surface area (Å²) in [7, 11) is 0. The zero-order valence-corrected chi connectivity index (χ0v) is 10.3. The summed E-state index contributed by atoms with van der Waals surface area (Å²) in [4.78, 5) is 2.01. The maximum absolute atomic E-state index is 13.0. The molecule has 18 heavy (non-hydrogen) atoms. The molecule has 3 rings (SSSR count). The average molecular weight is 279 g/mol. The number of benzene rings is 1. The molecule has 0 radical (unpaired) electrons. The number of hydrogen-bond donors (Lipinski definition) is 1. The van der Waals surface area contributed by atoms with Gasteiger partial charge in [-0.25, -0.2) is 0 Å². The van der Waals surface area contributed by atoms with Crippen LogP contribution in [0.2, 0.25) is 0 Å². The minimum atomic E-state index is -3.55. The van der Waals surface area contributed by atoms with Crippen LogP contribution in [0.25, 0.3) is 0 Å². The van der Waals surface area contributed by atoms with Crippen LogP contribution in [-0.2, 0) is 0 Å². The second-order valence-corrected chi connectivity index (χ2v) is 4.01. The van der Waals surface area contributed by atoms with E-state index in [0.29, 0.717) is 5.69 Å².